The van der Waals surface area contributed by atoms with E-state index in [9.17, 15) is 13.2 Å². The van der Waals surface area contributed by atoms with Crippen molar-refractivity contribution in [1.29, 1.82) is 0 Å². The van der Waals surface area contributed by atoms with Gasteiger partial charge in [0.1, 0.15) is 0 Å². The second-order valence-corrected chi connectivity index (χ2v) is 9.31. The fraction of sp³-hybridized carbons (Fsp3) is 0.407. The Balaban J connectivity index is 0.000000470. The number of carboxylic acids is 1. The molecule has 1 aliphatic rings. The molecule has 3 aromatic heterocycles. The van der Waals surface area contributed by atoms with Crippen LogP contribution in [0.1, 0.15) is 37.1 Å². The molecule has 1 aliphatic heterocycles. The highest BCUT2D eigenvalue weighted by atomic mass is 19.4. The number of carbonyl (C=O) groups is 1. The molecule has 1 fully saturated rings. The minimum absolute atomic E-state index is 0.328. The van der Waals surface area contributed by atoms with Gasteiger partial charge in [0.05, 0.1) is 20.4 Å². The van der Waals surface area contributed by atoms with Gasteiger partial charge >= 0.3 is 12.1 Å². The van der Waals surface area contributed by atoms with E-state index in [1.807, 2.05) is 45.9 Å². The number of methoxy groups -OCH3 is 2. The van der Waals surface area contributed by atoms with Crippen LogP contribution in [0, 0.1) is 0 Å². The molecule has 1 unspecified atom stereocenters. The van der Waals surface area contributed by atoms with Crippen LogP contribution in [-0.4, -0.2) is 73.8 Å². The van der Waals surface area contributed by atoms with Gasteiger partial charge < -0.3 is 14.6 Å². The summed E-state index contributed by atoms with van der Waals surface area (Å²) in [4.78, 5) is 16.2. The van der Waals surface area contributed by atoms with Gasteiger partial charge in [0.25, 0.3) is 0 Å². The van der Waals surface area contributed by atoms with E-state index in [-0.39, 0.29) is 0 Å². The number of pyridine rings is 1. The average Bonchev–Trinajstić information content (AvgIpc) is 3.59. The number of piperidine rings is 1. The Morgan fingerprint density at radius 2 is 1.93 bits per heavy atom. The van der Waals surface area contributed by atoms with Crippen molar-refractivity contribution in [2.75, 3.05) is 27.3 Å². The summed E-state index contributed by atoms with van der Waals surface area (Å²) in [6.07, 6.45) is 3.31. The van der Waals surface area contributed by atoms with Gasteiger partial charge in [0.2, 0.25) is 0 Å². The summed E-state index contributed by atoms with van der Waals surface area (Å²) < 4.78 is 46.7. The molecule has 0 bridgehead atoms. The van der Waals surface area contributed by atoms with Crippen LogP contribution in [0.3, 0.4) is 0 Å². The topological polar surface area (TPSA) is 107 Å². The minimum Gasteiger partial charge on any atom is -0.493 e. The van der Waals surface area contributed by atoms with E-state index in [0.29, 0.717) is 17.4 Å². The molecule has 1 aromatic carbocycles. The Kier molecular flexibility index (Phi) is 8.93. The summed E-state index contributed by atoms with van der Waals surface area (Å²) in [7, 11) is 3.31. The third-order valence-electron chi connectivity index (χ3n) is 6.59. The number of alkyl halides is 3. The van der Waals surface area contributed by atoms with Crippen molar-refractivity contribution in [1.82, 2.24) is 29.3 Å². The Labute approximate surface area is 228 Å². The number of aryl methyl sites for hydroxylation is 1. The van der Waals surface area contributed by atoms with Gasteiger partial charge in [0.15, 0.2) is 23.0 Å². The second kappa shape index (κ2) is 12.4. The molecule has 1 N–H and O–H groups in total. The molecule has 0 saturated carbocycles. The molecule has 13 heteroatoms. The zero-order chi connectivity index (χ0) is 28.9. The van der Waals surface area contributed by atoms with Crippen molar-refractivity contribution < 1.29 is 32.5 Å². The molecule has 10 nitrogen and oxygen atoms in total. The summed E-state index contributed by atoms with van der Waals surface area (Å²) in [6.45, 7) is 5.99. The highest BCUT2D eigenvalue weighted by Gasteiger charge is 2.38. The maximum absolute atomic E-state index is 10.6. The SMILES string of the molecule is CCn1cc(CN2CCCC(c3nc4ccc(-c5cccc(OC)c5OC)cn4n3)C2)cn1.O=C(O)C(F)(F)F. The fourth-order valence-electron chi connectivity index (χ4n) is 4.68. The Hall–Kier alpha value is -4.13. The summed E-state index contributed by atoms with van der Waals surface area (Å²) >= 11 is 0. The summed E-state index contributed by atoms with van der Waals surface area (Å²) in [5.41, 5.74) is 4.09. The van der Waals surface area contributed by atoms with Gasteiger partial charge in [-0.05, 0) is 44.5 Å². The van der Waals surface area contributed by atoms with Crippen LogP contribution in [0.15, 0.2) is 48.9 Å². The average molecular weight is 561 g/mol. The van der Waals surface area contributed by atoms with Gasteiger partial charge in [-0.3, -0.25) is 9.58 Å². The molecule has 214 valence electrons. The second-order valence-electron chi connectivity index (χ2n) is 9.31. The van der Waals surface area contributed by atoms with Crippen molar-refractivity contribution in [2.24, 2.45) is 0 Å². The number of likely N-dealkylation sites (tertiary alicyclic amines) is 1. The van der Waals surface area contributed by atoms with Gasteiger partial charge in [-0.25, -0.2) is 14.3 Å². The standard InChI is InChI=1S/C25H30N6O2.C2HF3O2/c1-4-30-15-18(13-26-30)14-29-12-6-7-20(16-29)25-27-23-11-10-19(17-31(23)28-25)21-8-5-9-22(32-2)24(21)33-3;3-2(4,5)1(6)7/h5,8-11,13,15,17,20H,4,6-7,12,14,16H2,1-3H3;(H,6,7). The number of aliphatic carboxylic acids is 1. The van der Waals surface area contributed by atoms with E-state index < -0.39 is 12.1 Å². The number of ether oxygens (including phenoxy) is 2. The maximum atomic E-state index is 10.6. The first-order chi connectivity index (χ1) is 19.1. The molecule has 40 heavy (non-hydrogen) atoms. The normalized spacial score (nSPS) is 15.9. The zero-order valence-corrected chi connectivity index (χ0v) is 22.4. The molecular formula is C27H31F3N6O4. The van der Waals surface area contributed by atoms with E-state index in [0.717, 1.165) is 61.6 Å². The van der Waals surface area contributed by atoms with Crippen molar-refractivity contribution in [3.63, 3.8) is 0 Å². The van der Waals surface area contributed by atoms with Crippen molar-refractivity contribution in [3.8, 4) is 22.6 Å². The highest BCUT2D eigenvalue weighted by Crippen LogP contribution is 2.38. The molecule has 0 spiro atoms. The summed E-state index contributed by atoms with van der Waals surface area (Å²) in [5, 5.41) is 16.4. The molecule has 5 rings (SSSR count). The predicted octanol–water partition coefficient (Wildman–Crippen LogP) is 4.64. The highest BCUT2D eigenvalue weighted by molar-refractivity contribution is 5.74. The third-order valence-corrected chi connectivity index (χ3v) is 6.59. The lowest BCUT2D eigenvalue weighted by Crippen LogP contribution is -2.34. The van der Waals surface area contributed by atoms with Gasteiger partial charge in [-0.1, -0.05) is 12.1 Å². The van der Waals surface area contributed by atoms with E-state index >= 15 is 0 Å². The van der Waals surface area contributed by atoms with Crippen LogP contribution < -0.4 is 9.47 Å². The molecule has 0 aliphatic carbocycles. The van der Waals surface area contributed by atoms with Crippen LogP contribution in [-0.2, 0) is 17.9 Å². The number of hydrogen-bond acceptors (Lipinski definition) is 7. The number of hydrogen-bond donors (Lipinski definition) is 1. The van der Waals surface area contributed by atoms with E-state index in [1.54, 1.807) is 14.2 Å². The van der Waals surface area contributed by atoms with E-state index in [2.05, 4.69) is 29.2 Å². The van der Waals surface area contributed by atoms with Crippen LogP contribution in [0.4, 0.5) is 13.2 Å². The lowest BCUT2D eigenvalue weighted by Gasteiger charge is -2.30. The van der Waals surface area contributed by atoms with Crippen LogP contribution >= 0.6 is 0 Å². The van der Waals surface area contributed by atoms with Gasteiger partial charge in [0, 0.05) is 54.6 Å². The first-order valence-electron chi connectivity index (χ1n) is 12.7. The van der Waals surface area contributed by atoms with Crippen molar-refractivity contribution in [3.05, 3.63) is 60.3 Å². The monoisotopic (exact) mass is 560 g/mol. The minimum atomic E-state index is -5.08. The third kappa shape index (κ3) is 6.71. The fourth-order valence-corrected chi connectivity index (χ4v) is 4.68. The first kappa shape index (κ1) is 28.9. The number of carboxylic acid groups (broad SMARTS) is 1. The number of halogens is 3. The Morgan fingerprint density at radius 1 is 1.15 bits per heavy atom. The maximum Gasteiger partial charge on any atom is 0.490 e. The Bertz CT molecular complexity index is 1450. The molecule has 4 aromatic rings. The molecule has 1 saturated heterocycles. The van der Waals surface area contributed by atoms with Crippen molar-refractivity contribution >= 4 is 11.6 Å². The van der Waals surface area contributed by atoms with E-state index in [4.69, 9.17) is 29.5 Å². The molecular weight excluding hydrogens is 529 g/mol. The number of aromatic nitrogens is 5. The summed E-state index contributed by atoms with van der Waals surface area (Å²) in [5.74, 6) is -0.0870. The molecule has 1 atom stereocenters. The number of nitrogens with zero attached hydrogens (tertiary/aromatic N) is 6. The van der Waals surface area contributed by atoms with Gasteiger partial charge in [-0.15, -0.1) is 0 Å². The van der Waals surface area contributed by atoms with Crippen LogP contribution in [0.5, 0.6) is 11.5 Å². The smallest absolute Gasteiger partial charge is 0.490 e. The number of benzene rings is 1. The lowest BCUT2D eigenvalue weighted by molar-refractivity contribution is -0.192. The lowest BCUT2D eigenvalue weighted by atomic mass is 9.97. The van der Waals surface area contributed by atoms with Crippen LogP contribution in [0.25, 0.3) is 16.8 Å². The Morgan fingerprint density at radius 3 is 2.58 bits per heavy atom. The first-order valence-corrected chi connectivity index (χ1v) is 12.7. The molecule has 0 amide bonds. The zero-order valence-electron chi connectivity index (χ0n) is 22.4. The summed E-state index contributed by atoms with van der Waals surface area (Å²) in [6, 6.07) is 9.97. The molecule has 4 heterocycles. The quantitative estimate of drug-likeness (QED) is 0.348. The number of fused-ring (bicyclic) bond motifs is 1. The van der Waals surface area contributed by atoms with Gasteiger partial charge in [-0.2, -0.15) is 23.4 Å². The largest absolute Gasteiger partial charge is 0.493 e. The van der Waals surface area contributed by atoms with E-state index in [1.165, 1.54) is 5.56 Å². The molecule has 0 radical (unpaired) electrons. The number of rotatable bonds is 7. The predicted molar refractivity (Wildman–Crippen MR) is 140 cm³/mol. The van der Waals surface area contributed by atoms with Crippen LogP contribution in [0.2, 0.25) is 0 Å². The van der Waals surface area contributed by atoms with Crippen molar-refractivity contribution in [2.45, 2.75) is 44.9 Å². The number of para-hydroxylation sites is 1.